The van der Waals surface area contributed by atoms with Crippen LogP contribution in [0.4, 0.5) is 0 Å². The van der Waals surface area contributed by atoms with E-state index in [2.05, 4.69) is 20.8 Å². The minimum absolute atomic E-state index is 0.00399. The molecule has 24 heavy (non-hydrogen) atoms. The quantitative estimate of drug-likeness (QED) is 0.876. The zero-order valence-corrected chi connectivity index (χ0v) is 14.3. The first-order valence-corrected chi connectivity index (χ1v) is 9.57. The van der Waals surface area contributed by atoms with E-state index in [1.807, 2.05) is 19.9 Å². The third-order valence-corrected chi connectivity index (χ3v) is 5.70. The van der Waals surface area contributed by atoms with E-state index in [4.69, 9.17) is 0 Å². The van der Waals surface area contributed by atoms with Gasteiger partial charge in [-0.1, -0.05) is 12.1 Å². The van der Waals surface area contributed by atoms with Gasteiger partial charge >= 0.3 is 0 Å². The molecule has 0 radical (unpaired) electrons. The predicted molar refractivity (Wildman–Crippen MR) is 88.2 cm³/mol. The van der Waals surface area contributed by atoms with Gasteiger partial charge in [0, 0.05) is 17.2 Å². The third kappa shape index (κ3) is 3.45. The lowest BCUT2D eigenvalue weighted by molar-refractivity contribution is 0.0941. The lowest BCUT2D eigenvalue weighted by Crippen LogP contribution is -2.35. The van der Waals surface area contributed by atoms with E-state index in [1.165, 1.54) is 0 Å². The van der Waals surface area contributed by atoms with E-state index in [1.54, 1.807) is 22.9 Å². The number of carbonyl (C=O) groups is 1. The smallest absolute Gasteiger partial charge is 0.251 e. The number of nitrogens with zero attached hydrogens (tertiary/aromatic N) is 4. The molecule has 1 aliphatic rings. The van der Waals surface area contributed by atoms with E-state index in [-0.39, 0.29) is 29.5 Å². The molecule has 1 aliphatic heterocycles. The first kappa shape index (κ1) is 16.6. The number of benzene rings is 1. The van der Waals surface area contributed by atoms with Crippen LogP contribution in [0.5, 0.6) is 0 Å². The molecule has 0 bridgehead atoms. The standard InChI is InChI=1S/C15H19N5O3S/c1-10(2)20-14(17-18-19-20)11-4-3-5-12(8-11)15(21)16-13-6-7-24(22,23)9-13/h3-5,8,10,13H,6-7,9H2,1-2H3,(H,16,21). The molecule has 1 unspecified atom stereocenters. The molecule has 2 heterocycles. The van der Waals surface area contributed by atoms with E-state index >= 15 is 0 Å². The minimum atomic E-state index is -3.03. The summed E-state index contributed by atoms with van der Waals surface area (Å²) in [6.45, 7) is 3.94. The van der Waals surface area contributed by atoms with Gasteiger partial charge in [0.1, 0.15) is 0 Å². The maximum atomic E-state index is 12.4. The molecule has 1 aromatic heterocycles. The molecule has 1 fully saturated rings. The highest BCUT2D eigenvalue weighted by atomic mass is 32.2. The van der Waals surface area contributed by atoms with Gasteiger partial charge in [-0.05, 0) is 42.8 Å². The summed E-state index contributed by atoms with van der Waals surface area (Å²) in [5.74, 6) is 0.427. The van der Waals surface area contributed by atoms with Gasteiger partial charge in [-0.15, -0.1) is 5.10 Å². The van der Waals surface area contributed by atoms with Gasteiger partial charge in [0.25, 0.3) is 5.91 Å². The van der Waals surface area contributed by atoms with Crippen LogP contribution in [-0.4, -0.2) is 52.1 Å². The minimum Gasteiger partial charge on any atom is -0.348 e. The fourth-order valence-corrected chi connectivity index (χ4v) is 4.38. The van der Waals surface area contributed by atoms with Crippen LogP contribution in [0.2, 0.25) is 0 Å². The number of rotatable bonds is 4. The summed E-state index contributed by atoms with van der Waals surface area (Å²) in [7, 11) is -3.03. The molecule has 1 atom stereocenters. The van der Waals surface area contributed by atoms with Gasteiger partial charge in [-0.2, -0.15) is 0 Å². The maximum absolute atomic E-state index is 12.4. The average molecular weight is 349 g/mol. The number of tetrazole rings is 1. The van der Waals surface area contributed by atoms with E-state index < -0.39 is 9.84 Å². The van der Waals surface area contributed by atoms with Crippen molar-refractivity contribution in [1.29, 1.82) is 0 Å². The van der Waals surface area contributed by atoms with Gasteiger partial charge in [-0.3, -0.25) is 4.79 Å². The predicted octanol–water partition coefficient (Wildman–Crippen LogP) is 0.838. The van der Waals surface area contributed by atoms with Crippen LogP contribution in [0.25, 0.3) is 11.4 Å². The molecule has 1 N–H and O–H groups in total. The second-order valence-electron chi connectivity index (χ2n) is 6.20. The molecule has 128 valence electrons. The molecule has 0 saturated carbocycles. The highest BCUT2D eigenvalue weighted by molar-refractivity contribution is 7.91. The Morgan fingerprint density at radius 3 is 2.83 bits per heavy atom. The zero-order chi connectivity index (χ0) is 17.3. The molecule has 0 spiro atoms. The van der Waals surface area contributed by atoms with Crippen molar-refractivity contribution in [1.82, 2.24) is 25.5 Å². The monoisotopic (exact) mass is 349 g/mol. The molecular formula is C15H19N5O3S. The van der Waals surface area contributed by atoms with Gasteiger partial charge in [0.2, 0.25) is 0 Å². The van der Waals surface area contributed by atoms with Crippen LogP contribution in [0, 0.1) is 0 Å². The lowest BCUT2D eigenvalue weighted by Gasteiger charge is -2.12. The Kier molecular flexibility index (Phi) is 4.35. The first-order valence-electron chi connectivity index (χ1n) is 7.75. The van der Waals surface area contributed by atoms with Crippen molar-refractivity contribution in [3.63, 3.8) is 0 Å². The van der Waals surface area contributed by atoms with Crippen molar-refractivity contribution in [2.75, 3.05) is 11.5 Å². The molecule has 2 aromatic rings. The summed E-state index contributed by atoms with van der Waals surface area (Å²) in [5.41, 5.74) is 1.19. The Labute approximate surface area is 140 Å². The summed E-state index contributed by atoms with van der Waals surface area (Å²) in [5, 5.41) is 14.4. The van der Waals surface area contributed by atoms with Crippen molar-refractivity contribution >= 4 is 15.7 Å². The number of hydrogen-bond acceptors (Lipinski definition) is 6. The summed E-state index contributed by atoms with van der Waals surface area (Å²) in [6, 6.07) is 6.76. The number of nitrogens with one attached hydrogen (secondary N) is 1. The molecule has 1 saturated heterocycles. The Hall–Kier alpha value is -2.29. The SMILES string of the molecule is CC(C)n1nnnc1-c1cccc(C(=O)NC2CCS(=O)(=O)C2)c1. The summed E-state index contributed by atoms with van der Waals surface area (Å²) >= 11 is 0. The van der Waals surface area contributed by atoms with Crippen LogP contribution >= 0.6 is 0 Å². The van der Waals surface area contributed by atoms with Crippen molar-refractivity contribution in [2.45, 2.75) is 32.4 Å². The second-order valence-corrected chi connectivity index (χ2v) is 8.42. The number of hydrogen-bond donors (Lipinski definition) is 1. The molecule has 8 nitrogen and oxygen atoms in total. The van der Waals surface area contributed by atoms with Gasteiger partial charge in [-0.25, -0.2) is 13.1 Å². The van der Waals surface area contributed by atoms with Crippen LogP contribution in [0.15, 0.2) is 24.3 Å². The van der Waals surface area contributed by atoms with E-state index in [0.29, 0.717) is 17.8 Å². The summed E-state index contributed by atoms with van der Waals surface area (Å²) < 4.78 is 24.7. The van der Waals surface area contributed by atoms with Crippen LogP contribution in [0.1, 0.15) is 36.7 Å². The summed E-state index contributed by atoms with van der Waals surface area (Å²) in [6.07, 6.45) is 0.458. The highest BCUT2D eigenvalue weighted by Gasteiger charge is 2.29. The fraction of sp³-hybridized carbons (Fsp3) is 0.467. The highest BCUT2D eigenvalue weighted by Crippen LogP contribution is 2.20. The molecular weight excluding hydrogens is 330 g/mol. The molecule has 3 rings (SSSR count). The third-order valence-electron chi connectivity index (χ3n) is 3.93. The average Bonchev–Trinajstić information content (AvgIpc) is 3.14. The zero-order valence-electron chi connectivity index (χ0n) is 13.5. The van der Waals surface area contributed by atoms with Crippen LogP contribution in [-0.2, 0) is 9.84 Å². The van der Waals surface area contributed by atoms with E-state index in [9.17, 15) is 13.2 Å². The maximum Gasteiger partial charge on any atom is 0.251 e. The largest absolute Gasteiger partial charge is 0.348 e. The number of aromatic nitrogens is 4. The van der Waals surface area contributed by atoms with Gasteiger partial charge in [0.15, 0.2) is 15.7 Å². The van der Waals surface area contributed by atoms with Gasteiger partial charge < -0.3 is 5.32 Å². The Morgan fingerprint density at radius 2 is 2.17 bits per heavy atom. The number of carbonyl (C=O) groups excluding carboxylic acids is 1. The molecule has 1 amide bonds. The van der Waals surface area contributed by atoms with Crippen LogP contribution < -0.4 is 5.32 Å². The topological polar surface area (TPSA) is 107 Å². The van der Waals surface area contributed by atoms with Crippen molar-refractivity contribution in [3.05, 3.63) is 29.8 Å². The first-order chi connectivity index (χ1) is 11.4. The Bertz CT molecular complexity index is 859. The van der Waals surface area contributed by atoms with Gasteiger partial charge in [0.05, 0.1) is 17.5 Å². The normalized spacial score (nSPS) is 19.5. The molecule has 9 heteroatoms. The Balaban J connectivity index is 1.80. The van der Waals surface area contributed by atoms with Crippen molar-refractivity contribution < 1.29 is 13.2 Å². The van der Waals surface area contributed by atoms with Crippen molar-refractivity contribution in [3.8, 4) is 11.4 Å². The molecule has 0 aliphatic carbocycles. The second kappa shape index (κ2) is 6.31. The van der Waals surface area contributed by atoms with E-state index in [0.717, 1.165) is 5.56 Å². The van der Waals surface area contributed by atoms with Crippen molar-refractivity contribution in [2.24, 2.45) is 0 Å². The number of amides is 1. The number of sulfone groups is 1. The lowest BCUT2D eigenvalue weighted by atomic mass is 10.1. The fourth-order valence-electron chi connectivity index (χ4n) is 2.71. The Morgan fingerprint density at radius 1 is 1.38 bits per heavy atom. The summed E-state index contributed by atoms with van der Waals surface area (Å²) in [4.78, 5) is 12.4. The van der Waals surface area contributed by atoms with Crippen LogP contribution in [0.3, 0.4) is 0 Å². The molecule has 1 aromatic carbocycles.